The molecule has 19 heavy (non-hydrogen) atoms. The number of carbonyl (C=O) groups excluding carboxylic acids is 1. The summed E-state index contributed by atoms with van der Waals surface area (Å²) in [5, 5.41) is 2.96. The van der Waals surface area contributed by atoms with E-state index in [2.05, 4.69) is 17.3 Å². The Bertz CT molecular complexity index is 490. The van der Waals surface area contributed by atoms with E-state index in [4.69, 9.17) is 9.47 Å². The standard InChI is InChI=1S/C14H18N2O3/c1-16-6-2-3-10(8-16)14(17)15-11-4-5-12-13(7-11)19-9-18-12/h4-5,7,10H,2-3,6,8-9H2,1H3,(H,15,17). The van der Waals surface area contributed by atoms with Crippen molar-refractivity contribution in [3.63, 3.8) is 0 Å². The number of ether oxygens (including phenoxy) is 2. The summed E-state index contributed by atoms with van der Waals surface area (Å²) in [6.45, 7) is 2.16. The average molecular weight is 262 g/mol. The summed E-state index contributed by atoms with van der Waals surface area (Å²) in [7, 11) is 2.06. The van der Waals surface area contributed by atoms with Crippen molar-refractivity contribution in [2.45, 2.75) is 12.8 Å². The van der Waals surface area contributed by atoms with Crippen LogP contribution in [0, 0.1) is 5.92 Å². The van der Waals surface area contributed by atoms with Crippen LogP contribution in [0.2, 0.25) is 0 Å². The molecule has 0 spiro atoms. The molecule has 2 heterocycles. The van der Waals surface area contributed by atoms with E-state index in [1.807, 2.05) is 18.2 Å². The lowest BCUT2D eigenvalue weighted by atomic mass is 9.97. The maximum atomic E-state index is 12.2. The predicted molar refractivity (Wildman–Crippen MR) is 71.4 cm³/mol. The minimum absolute atomic E-state index is 0.0733. The number of likely N-dealkylation sites (tertiary alicyclic amines) is 1. The van der Waals surface area contributed by atoms with Gasteiger partial charge in [0.25, 0.3) is 0 Å². The Kier molecular flexibility index (Phi) is 3.29. The molecule has 0 bridgehead atoms. The van der Waals surface area contributed by atoms with E-state index in [0.717, 1.165) is 37.4 Å². The molecule has 102 valence electrons. The van der Waals surface area contributed by atoms with Crippen LogP contribution in [0.1, 0.15) is 12.8 Å². The zero-order chi connectivity index (χ0) is 13.2. The molecule has 1 aromatic carbocycles. The Morgan fingerprint density at radius 2 is 2.21 bits per heavy atom. The second-order valence-electron chi connectivity index (χ2n) is 5.16. The zero-order valence-corrected chi connectivity index (χ0v) is 11.0. The van der Waals surface area contributed by atoms with Crippen LogP contribution in [0.15, 0.2) is 18.2 Å². The van der Waals surface area contributed by atoms with Crippen molar-refractivity contribution in [2.24, 2.45) is 5.92 Å². The molecule has 0 aliphatic carbocycles. The average Bonchev–Trinajstić information content (AvgIpc) is 2.86. The molecule has 1 N–H and O–H groups in total. The second kappa shape index (κ2) is 5.09. The predicted octanol–water partition coefficient (Wildman–Crippen LogP) is 1.70. The first kappa shape index (κ1) is 12.3. The largest absolute Gasteiger partial charge is 0.454 e. The molecule has 1 atom stereocenters. The van der Waals surface area contributed by atoms with Crippen molar-refractivity contribution in [3.8, 4) is 11.5 Å². The number of nitrogens with zero attached hydrogens (tertiary/aromatic N) is 1. The van der Waals surface area contributed by atoms with Crippen molar-refractivity contribution in [1.82, 2.24) is 4.90 Å². The molecule has 2 aliphatic heterocycles. The van der Waals surface area contributed by atoms with E-state index in [1.54, 1.807) is 0 Å². The van der Waals surface area contributed by atoms with Crippen molar-refractivity contribution in [2.75, 3.05) is 32.2 Å². The molecule has 0 saturated carbocycles. The molecule has 1 amide bonds. The van der Waals surface area contributed by atoms with Crippen molar-refractivity contribution in [1.29, 1.82) is 0 Å². The van der Waals surface area contributed by atoms with E-state index >= 15 is 0 Å². The van der Waals surface area contributed by atoms with E-state index in [0.29, 0.717) is 5.75 Å². The second-order valence-corrected chi connectivity index (χ2v) is 5.16. The highest BCUT2D eigenvalue weighted by atomic mass is 16.7. The van der Waals surface area contributed by atoms with Gasteiger partial charge in [0.15, 0.2) is 11.5 Å². The summed E-state index contributed by atoms with van der Waals surface area (Å²) in [6.07, 6.45) is 2.04. The third-order valence-corrected chi connectivity index (χ3v) is 3.64. The van der Waals surface area contributed by atoms with Gasteiger partial charge in [-0.25, -0.2) is 0 Å². The number of benzene rings is 1. The SMILES string of the molecule is CN1CCCC(C(=O)Nc2ccc3c(c2)OCO3)C1. The third kappa shape index (κ3) is 2.66. The minimum Gasteiger partial charge on any atom is -0.454 e. The Labute approximate surface area is 112 Å². The molecule has 1 saturated heterocycles. The van der Waals surface area contributed by atoms with Gasteiger partial charge in [0.2, 0.25) is 12.7 Å². The molecule has 5 heteroatoms. The number of amides is 1. The summed E-state index contributed by atoms with van der Waals surface area (Å²) in [6, 6.07) is 5.48. The number of carbonyl (C=O) groups is 1. The topological polar surface area (TPSA) is 50.8 Å². The van der Waals surface area contributed by atoms with Crippen LogP contribution in [0.3, 0.4) is 0 Å². The first-order valence-corrected chi connectivity index (χ1v) is 6.61. The highest BCUT2D eigenvalue weighted by Gasteiger charge is 2.24. The Morgan fingerprint density at radius 1 is 1.37 bits per heavy atom. The zero-order valence-electron chi connectivity index (χ0n) is 11.0. The lowest BCUT2D eigenvalue weighted by Crippen LogP contribution is -2.38. The molecular formula is C14H18N2O3. The van der Waals surface area contributed by atoms with Gasteiger partial charge in [-0.2, -0.15) is 0 Å². The third-order valence-electron chi connectivity index (χ3n) is 3.64. The smallest absolute Gasteiger partial charge is 0.231 e. The maximum Gasteiger partial charge on any atom is 0.231 e. The molecule has 0 radical (unpaired) electrons. The van der Waals surface area contributed by atoms with Gasteiger partial charge in [-0.3, -0.25) is 4.79 Å². The molecular weight excluding hydrogens is 244 g/mol. The Morgan fingerprint density at radius 3 is 3.05 bits per heavy atom. The highest BCUT2D eigenvalue weighted by molar-refractivity contribution is 5.93. The van der Waals surface area contributed by atoms with Gasteiger partial charge in [0, 0.05) is 18.3 Å². The van der Waals surface area contributed by atoms with Crippen molar-refractivity contribution >= 4 is 11.6 Å². The summed E-state index contributed by atoms with van der Waals surface area (Å²) in [5.41, 5.74) is 0.766. The number of nitrogens with one attached hydrogen (secondary N) is 1. The lowest BCUT2D eigenvalue weighted by molar-refractivity contribution is -0.121. The van der Waals surface area contributed by atoms with Crippen LogP contribution in [0.25, 0.3) is 0 Å². The molecule has 1 fully saturated rings. The van der Waals surface area contributed by atoms with Crippen LogP contribution >= 0.6 is 0 Å². The van der Waals surface area contributed by atoms with Crippen LogP contribution in [0.5, 0.6) is 11.5 Å². The summed E-state index contributed by atoms with van der Waals surface area (Å²) >= 11 is 0. The van der Waals surface area contributed by atoms with Gasteiger partial charge in [-0.15, -0.1) is 0 Å². The highest BCUT2D eigenvalue weighted by Crippen LogP contribution is 2.34. The monoisotopic (exact) mass is 262 g/mol. The van der Waals surface area contributed by atoms with Crippen molar-refractivity contribution < 1.29 is 14.3 Å². The van der Waals surface area contributed by atoms with Crippen LogP contribution in [-0.4, -0.2) is 37.7 Å². The minimum atomic E-state index is 0.0733. The van der Waals surface area contributed by atoms with Gasteiger partial charge < -0.3 is 19.7 Å². The number of hydrogen-bond donors (Lipinski definition) is 1. The molecule has 0 aromatic heterocycles. The normalized spacial score (nSPS) is 22.3. The first-order valence-electron chi connectivity index (χ1n) is 6.61. The van der Waals surface area contributed by atoms with Gasteiger partial charge >= 0.3 is 0 Å². The number of hydrogen-bond acceptors (Lipinski definition) is 4. The molecule has 1 unspecified atom stereocenters. The molecule has 3 rings (SSSR count). The van der Waals surface area contributed by atoms with Crippen LogP contribution in [-0.2, 0) is 4.79 Å². The fourth-order valence-electron chi connectivity index (χ4n) is 2.60. The number of fused-ring (bicyclic) bond motifs is 1. The van der Waals surface area contributed by atoms with E-state index in [9.17, 15) is 4.79 Å². The first-order chi connectivity index (χ1) is 9.22. The fourth-order valence-corrected chi connectivity index (χ4v) is 2.60. The number of piperidine rings is 1. The Hall–Kier alpha value is -1.75. The maximum absolute atomic E-state index is 12.2. The quantitative estimate of drug-likeness (QED) is 0.881. The van der Waals surface area contributed by atoms with Gasteiger partial charge in [-0.05, 0) is 38.6 Å². The van der Waals surface area contributed by atoms with E-state index in [-0.39, 0.29) is 18.6 Å². The summed E-state index contributed by atoms with van der Waals surface area (Å²) < 4.78 is 10.5. The van der Waals surface area contributed by atoms with Gasteiger partial charge in [-0.1, -0.05) is 0 Å². The lowest BCUT2D eigenvalue weighted by Gasteiger charge is -2.28. The van der Waals surface area contributed by atoms with Crippen LogP contribution < -0.4 is 14.8 Å². The fraction of sp³-hybridized carbons (Fsp3) is 0.500. The Balaban J connectivity index is 1.66. The summed E-state index contributed by atoms with van der Waals surface area (Å²) in [4.78, 5) is 14.4. The van der Waals surface area contributed by atoms with Gasteiger partial charge in [0.05, 0.1) is 5.92 Å². The number of anilines is 1. The number of rotatable bonds is 2. The van der Waals surface area contributed by atoms with E-state index < -0.39 is 0 Å². The summed E-state index contributed by atoms with van der Waals surface area (Å²) in [5.74, 6) is 1.59. The molecule has 5 nitrogen and oxygen atoms in total. The van der Waals surface area contributed by atoms with E-state index in [1.165, 1.54) is 0 Å². The van der Waals surface area contributed by atoms with Crippen LogP contribution in [0.4, 0.5) is 5.69 Å². The van der Waals surface area contributed by atoms with Crippen molar-refractivity contribution in [3.05, 3.63) is 18.2 Å². The molecule has 2 aliphatic rings. The molecule has 1 aromatic rings. The van der Waals surface area contributed by atoms with Gasteiger partial charge in [0.1, 0.15) is 0 Å².